The van der Waals surface area contributed by atoms with Gasteiger partial charge in [-0.2, -0.15) is 10.2 Å². The second kappa shape index (κ2) is 11.0. The average Bonchev–Trinajstić information content (AvgIpc) is 3.47. The topological polar surface area (TPSA) is 48.3 Å². The molecule has 0 aromatic heterocycles. The zero-order chi connectivity index (χ0) is 29.4. The Morgan fingerprint density at radius 2 is 1.19 bits per heavy atom. The highest BCUT2D eigenvalue weighted by molar-refractivity contribution is 8.17. The second-order valence-electron chi connectivity index (χ2n) is 10.9. The molecule has 0 bridgehead atoms. The summed E-state index contributed by atoms with van der Waals surface area (Å²) in [6, 6.07) is 46.5. The lowest BCUT2D eigenvalue weighted by atomic mass is 9.92. The lowest BCUT2D eigenvalue weighted by Crippen LogP contribution is -2.54. The van der Waals surface area contributed by atoms with Gasteiger partial charge in [0.25, 0.3) is 0 Å². The van der Waals surface area contributed by atoms with E-state index in [-0.39, 0.29) is 5.78 Å². The summed E-state index contributed by atoms with van der Waals surface area (Å²) < 4.78 is 0. The summed E-state index contributed by atoms with van der Waals surface area (Å²) >= 11 is 1.43. The van der Waals surface area contributed by atoms with Crippen molar-refractivity contribution in [2.75, 3.05) is 10.0 Å². The predicted octanol–water partition coefficient (Wildman–Crippen LogP) is 8.64. The minimum absolute atomic E-state index is 0.118. The van der Waals surface area contributed by atoms with Gasteiger partial charge in [0.05, 0.1) is 17.1 Å². The van der Waals surface area contributed by atoms with Crippen LogP contribution in [0.5, 0.6) is 0 Å². The first-order valence-electron chi connectivity index (χ1n) is 14.4. The van der Waals surface area contributed by atoms with Crippen LogP contribution in [0.15, 0.2) is 150 Å². The normalized spacial score (nSPS) is 17.6. The SMILES string of the molecule is CC(C)c1ccc(C2=NN(c3ccccc3)[C@]3(SC(C(=O)c4ccccc4)=NN3c3ccccc3)c3ccccc32)cc1. The molecule has 2 aliphatic rings. The molecule has 5 aromatic carbocycles. The average molecular weight is 579 g/mol. The monoisotopic (exact) mass is 578 g/mol. The number of hydrazone groups is 2. The van der Waals surface area contributed by atoms with E-state index in [1.807, 2.05) is 94.9 Å². The molecule has 1 atom stereocenters. The summed E-state index contributed by atoms with van der Waals surface area (Å²) in [5.41, 5.74) is 7.55. The summed E-state index contributed by atoms with van der Waals surface area (Å²) in [6.45, 7) is 4.40. The predicted molar refractivity (Wildman–Crippen MR) is 178 cm³/mol. The highest BCUT2D eigenvalue weighted by Gasteiger charge is 2.56. The lowest BCUT2D eigenvalue weighted by molar-refractivity contribution is 0.106. The Morgan fingerprint density at radius 1 is 0.651 bits per heavy atom. The van der Waals surface area contributed by atoms with Gasteiger partial charge in [-0.15, -0.1) is 0 Å². The van der Waals surface area contributed by atoms with Gasteiger partial charge in [-0.05, 0) is 47.5 Å². The fourth-order valence-electron chi connectivity index (χ4n) is 5.62. The lowest BCUT2D eigenvalue weighted by Gasteiger charge is -2.47. The van der Waals surface area contributed by atoms with Gasteiger partial charge in [0.2, 0.25) is 10.8 Å². The first-order valence-corrected chi connectivity index (χ1v) is 15.2. The van der Waals surface area contributed by atoms with Crippen molar-refractivity contribution in [3.05, 3.63) is 167 Å². The number of anilines is 2. The van der Waals surface area contributed by atoms with Crippen molar-refractivity contribution in [3.8, 4) is 0 Å². The minimum atomic E-state index is -1.000. The second-order valence-corrected chi connectivity index (χ2v) is 12.0. The number of carbonyl (C=O) groups is 1. The zero-order valence-electron chi connectivity index (χ0n) is 24.0. The van der Waals surface area contributed by atoms with Crippen LogP contribution in [0.1, 0.15) is 52.4 Å². The van der Waals surface area contributed by atoms with E-state index in [9.17, 15) is 4.79 Å². The fourth-order valence-corrected chi connectivity index (χ4v) is 6.97. The number of thioether (sulfide) groups is 1. The Balaban J connectivity index is 1.47. The molecule has 7 rings (SSSR count). The van der Waals surface area contributed by atoms with Crippen LogP contribution < -0.4 is 10.0 Å². The zero-order valence-corrected chi connectivity index (χ0v) is 24.8. The van der Waals surface area contributed by atoms with Crippen LogP contribution in [0.25, 0.3) is 0 Å². The van der Waals surface area contributed by atoms with Gasteiger partial charge >= 0.3 is 0 Å². The summed E-state index contributed by atoms with van der Waals surface area (Å²) in [6.07, 6.45) is 0. The Kier molecular flexibility index (Phi) is 6.92. The Bertz CT molecular complexity index is 1840. The molecule has 0 radical (unpaired) electrons. The third-order valence-electron chi connectivity index (χ3n) is 7.82. The van der Waals surface area contributed by atoms with Crippen molar-refractivity contribution >= 4 is 39.7 Å². The molecule has 210 valence electrons. The van der Waals surface area contributed by atoms with Gasteiger partial charge in [0.1, 0.15) is 0 Å². The van der Waals surface area contributed by atoms with E-state index < -0.39 is 4.99 Å². The van der Waals surface area contributed by atoms with E-state index in [4.69, 9.17) is 10.2 Å². The number of carbonyl (C=O) groups excluding carboxylic acids is 1. The number of nitrogens with zero attached hydrogens (tertiary/aromatic N) is 4. The molecule has 0 fully saturated rings. The van der Waals surface area contributed by atoms with Gasteiger partial charge in [0.15, 0.2) is 5.04 Å². The maximum Gasteiger partial charge on any atom is 0.234 e. The minimum Gasteiger partial charge on any atom is -0.286 e. The van der Waals surface area contributed by atoms with E-state index in [0.29, 0.717) is 16.5 Å². The quantitative estimate of drug-likeness (QED) is 0.189. The molecule has 0 aliphatic carbocycles. The molecule has 1 spiro atoms. The van der Waals surface area contributed by atoms with Gasteiger partial charge in [-0.3, -0.25) is 4.79 Å². The number of rotatable bonds is 6. The van der Waals surface area contributed by atoms with Crippen molar-refractivity contribution in [1.29, 1.82) is 0 Å². The van der Waals surface area contributed by atoms with Crippen LogP contribution in [-0.4, -0.2) is 16.5 Å². The maximum atomic E-state index is 13.9. The summed E-state index contributed by atoms with van der Waals surface area (Å²) in [7, 11) is 0. The Hall–Kier alpha value is -4.94. The molecule has 0 N–H and O–H groups in total. The van der Waals surface area contributed by atoms with Crippen molar-refractivity contribution in [1.82, 2.24) is 0 Å². The molecule has 5 nitrogen and oxygen atoms in total. The van der Waals surface area contributed by atoms with E-state index in [1.165, 1.54) is 17.3 Å². The molecule has 2 heterocycles. The molecule has 2 aliphatic heterocycles. The van der Waals surface area contributed by atoms with Crippen molar-refractivity contribution < 1.29 is 4.79 Å². The van der Waals surface area contributed by atoms with Crippen LogP contribution in [0.2, 0.25) is 0 Å². The van der Waals surface area contributed by atoms with Crippen LogP contribution in [-0.2, 0) is 4.99 Å². The number of hydrogen-bond acceptors (Lipinski definition) is 6. The highest BCUT2D eigenvalue weighted by Crippen LogP contribution is 2.55. The number of fused-ring (bicyclic) bond motifs is 2. The molecule has 0 saturated heterocycles. The molecule has 0 unspecified atom stereocenters. The molecule has 6 heteroatoms. The van der Waals surface area contributed by atoms with Crippen molar-refractivity contribution in [2.24, 2.45) is 10.2 Å². The van der Waals surface area contributed by atoms with Gasteiger partial charge in [-0.1, -0.05) is 129 Å². The number of para-hydroxylation sites is 2. The first-order chi connectivity index (χ1) is 21.1. The van der Waals surface area contributed by atoms with Gasteiger partial charge in [0, 0.05) is 22.3 Å². The van der Waals surface area contributed by atoms with Crippen LogP contribution in [0.3, 0.4) is 0 Å². The number of benzene rings is 5. The van der Waals surface area contributed by atoms with Crippen LogP contribution in [0.4, 0.5) is 11.4 Å². The fraction of sp³-hybridized carbons (Fsp3) is 0.108. The molecule has 0 saturated carbocycles. The van der Waals surface area contributed by atoms with E-state index >= 15 is 0 Å². The van der Waals surface area contributed by atoms with Crippen LogP contribution >= 0.6 is 11.8 Å². The molecular formula is C37H30N4OS. The van der Waals surface area contributed by atoms with Gasteiger partial charge in [-0.25, -0.2) is 10.0 Å². The van der Waals surface area contributed by atoms with Gasteiger partial charge < -0.3 is 0 Å². The third kappa shape index (κ3) is 4.64. The molecular weight excluding hydrogens is 549 g/mol. The Morgan fingerprint density at radius 3 is 1.79 bits per heavy atom. The van der Waals surface area contributed by atoms with E-state index in [1.54, 1.807) is 0 Å². The van der Waals surface area contributed by atoms with Crippen molar-refractivity contribution in [3.63, 3.8) is 0 Å². The van der Waals surface area contributed by atoms with Crippen LogP contribution in [0, 0.1) is 0 Å². The highest BCUT2D eigenvalue weighted by atomic mass is 32.2. The number of hydrogen-bond donors (Lipinski definition) is 0. The molecule has 43 heavy (non-hydrogen) atoms. The third-order valence-corrected chi connectivity index (χ3v) is 9.13. The maximum absolute atomic E-state index is 13.9. The Labute approximate surface area is 256 Å². The smallest absolute Gasteiger partial charge is 0.234 e. The number of Topliss-reactive ketones (excluding diaryl/α,β-unsaturated/α-hetero) is 1. The molecule has 5 aromatic rings. The van der Waals surface area contributed by atoms with Crippen molar-refractivity contribution in [2.45, 2.75) is 24.8 Å². The summed E-state index contributed by atoms with van der Waals surface area (Å²) in [5.74, 6) is 0.318. The first kappa shape index (κ1) is 26.9. The van der Waals surface area contributed by atoms with E-state index in [0.717, 1.165) is 33.8 Å². The number of ketones is 1. The summed E-state index contributed by atoms with van der Waals surface area (Å²) in [5, 5.41) is 14.9. The van der Waals surface area contributed by atoms with E-state index in [2.05, 4.69) is 68.4 Å². The standard InChI is InChI=1S/C37H30N4OS/c1-26(2)27-22-24-28(25-23-27)34-32-20-12-13-21-33(32)37(40(38-34)30-16-8-4-9-17-30)41(31-18-10-5-11-19-31)39-36(43-37)35(42)29-14-6-3-7-15-29/h3-26H,1-2H3/t37-/m1/s1. The summed E-state index contributed by atoms with van der Waals surface area (Å²) in [4.78, 5) is 12.9. The largest absolute Gasteiger partial charge is 0.286 e. The molecule has 0 amide bonds.